The fourth-order valence-electron chi connectivity index (χ4n) is 2.26. The van der Waals surface area contributed by atoms with Gasteiger partial charge in [0.15, 0.2) is 5.13 Å². The first-order valence-corrected chi connectivity index (χ1v) is 7.79. The molecule has 1 atom stereocenters. The van der Waals surface area contributed by atoms with Crippen LogP contribution in [0.4, 0.5) is 10.9 Å². The van der Waals surface area contributed by atoms with Crippen LogP contribution >= 0.6 is 11.3 Å². The van der Waals surface area contributed by atoms with Crippen LogP contribution in [-0.2, 0) is 4.79 Å². The molecule has 116 valence electrons. The van der Waals surface area contributed by atoms with Crippen molar-refractivity contribution in [3.8, 4) is 0 Å². The Morgan fingerprint density at radius 2 is 2.33 bits per heavy atom. The fraction of sp³-hybridized carbons (Fsp3) is 0.615. The van der Waals surface area contributed by atoms with Gasteiger partial charge in [-0.25, -0.2) is 4.98 Å². The number of anilines is 2. The Morgan fingerprint density at radius 1 is 1.62 bits per heavy atom. The molecule has 3 N–H and O–H groups in total. The highest BCUT2D eigenvalue weighted by Gasteiger charge is 2.31. The number of likely N-dealkylation sites (N-methyl/N-ethyl adjacent to an activating group) is 1. The topological polar surface area (TPSA) is 91.6 Å². The van der Waals surface area contributed by atoms with E-state index in [1.54, 1.807) is 11.9 Å². The van der Waals surface area contributed by atoms with E-state index in [4.69, 9.17) is 5.73 Å². The largest absolute Gasteiger partial charge is 0.382 e. The standard InChI is InChI=1S/C13H21N5O2S/c1-4-6-18(3)13-16-10(14)9(21-13)11(19)15-8-5-7-17(2)12(8)20/h8H,4-7,14H2,1-3H3,(H,15,19). The number of carbonyl (C=O) groups is 2. The molecule has 1 aliphatic heterocycles. The van der Waals surface area contributed by atoms with Crippen molar-refractivity contribution < 1.29 is 9.59 Å². The maximum atomic E-state index is 12.3. The van der Waals surface area contributed by atoms with E-state index in [-0.39, 0.29) is 17.6 Å². The predicted molar refractivity (Wildman–Crippen MR) is 83.6 cm³/mol. The number of nitrogens with two attached hydrogens (primary N) is 1. The SMILES string of the molecule is CCCN(C)c1nc(N)c(C(=O)NC2CCN(C)C2=O)s1. The number of nitrogens with one attached hydrogen (secondary N) is 1. The fourth-order valence-corrected chi connectivity index (χ4v) is 3.13. The van der Waals surface area contributed by atoms with Crippen LogP contribution in [0.3, 0.4) is 0 Å². The van der Waals surface area contributed by atoms with Gasteiger partial charge in [-0.2, -0.15) is 0 Å². The van der Waals surface area contributed by atoms with Crippen molar-refractivity contribution in [3.63, 3.8) is 0 Å². The average molecular weight is 311 g/mol. The van der Waals surface area contributed by atoms with Crippen LogP contribution in [0.25, 0.3) is 0 Å². The van der Waals surface area contributed by atoms with Gasteiger partial charge in [0.2, 0.25) is 5.91 Å². The van der Waals surface area contributed by atoms with E-state index >= 15 is 0 Å². The van der Waals surface area contributed by atoms with Gasteiger partial charge in [0.05, 0.1) is 0 Å². The number of hydrogen-bond donors (Lipinski definition) is 2. The third-order valence-electron chi connectivity index (χ3n) is 3.47. The summed E-state index contributed by atoms with van der Waals surface area (Å²) < 4.78 is 0. The van der Waals surface area contributed by atoms with Gasteiger partial charge in [0, 0.05) is 27.2 Å². The van der Waals surface area contributed by atoms with Gasteiger partial charge in [0.25, 0.3) is 5.91 Å². The number of nitrogen functional groups attached to an aromatic ring is 1. The number of aromatic nitrogens is 1. The molecular formula is C13H21N5O2S. The number of nitrogens with zero attached hydrogens (tertiary/aromatic N) is 3. The number of carbonyl (C=O) groups excluding carboxylic acids is 2. The van der Waals surface area contributed by atoms with Crippen LogP contribution in [0, 0.1) is 0 Å². The molecule has 1 saturated heterocycles. The molecule has 1 unspecified atom stereocenters. The van der Waals surface area contributed by atoms with Gasteiger partial charge >= 0.3 is 0 Å². The minimum Gasteiger partial charge on any atom is -0.382 e. The molecule has 21 heavy (non-hydrogen) atoms. The minimum absolute atomic E-state index is 0.0604. The van der Waals surface area contributed by atoms with Crippen molar-refractivity contribution in [3.05, 3.63) is 4.88 Å². The van der Waals surface area contributed by atoms with E-state index in [9.17, 15) is 9.59 Å². The first-order chi connectivity index (χ1) is 9.93. The molecular weight excluding hydrogens is 290 g/mol. The summed E-state index contributed by atoms with van der Waals surface area (Å²) in [5.74, 6) is -0.168. The van der Waals surface area contributed by atoms with Crippen molar-refractivity contribution in [1.82, 2.24) is 15.2 Å². The second kappa shape index (κ2) is 6.30. The van der Waals surface area contributed by atoms with Crippen LogP contribution < -0.4 is 16.0 Å². The van der Waals surface area contributed by atoms with Gasteiger partial charge in [-0.05, 0) is 12.8 Å². The van der Waals surface area contributed by atoms with Gasteiger partial charge in [-0.15, -0.1) is 0 Å². The zero-order chi connectivity index (χ0) is 15.6. The lowest BCUT2D eigenvalue weighted by atomic mass is 10.2. The summed E-state index contributed by atoms with van der Waals surface area (Å²) in [6, 6.07) is -0.458. The molecule has 0 radical (unpaired) electrons. The second-order valence-electron chi connectivity index (χ2n) is 5.21. The molecule has 8 heteroatoms. The van der Waals surface area contributed by atoms with Crippen molar-refractivity contribution in [2.24, 2.45) is 0 Å². The van der Waals surface area contributed by atoms with Crippen LogP contribution in [0.15, 0.2) is 0 Å². The first-order valence-electron chi connectivity index (χ1n) is 6.97. The second-order valence-corrected chi connectivity index (χ2v) is 6.18. The summed E-state index contributed by atoms with van der Waals surface area (Å²) in [4.78, 5) is 32.2. The van der Waals surface area contributed by atoms with Gasteiger partial charge < -0.3 is 20.9 Å². The Hall–Kier alpha value is -1.83. The van der Waals surface area contributed by atoms with Crippen molar-refractivity contribution in [1.29, 1.82) is 0 Å². The quantitative estimate of drug-likeness (QED) is 0.828. The summed E-state index contributed by atoms with van der Waals surface area (Å²) in [5, 5.41) is 3.46. The molecule has 2 amide bonds. The lowest BCUT2D eigenvalue weighted by Gasteiger charge is -2.13. The first kappa shape index (κ1) is 15.6. The molecule has 0 saturated carbocycles. The Morgan fingerprint density at radius 3 is 2.90 bits per heavy atom. The highest BCUT2D eigenvalue weighted by molar-refractivity contribution is 7.18. The van der Waals surface area contributed by atoms with E-state index < -0.39 is 6.04 Å². The Bertz CT molecular complexity index is 545. The molecule has 2 rings (SSSR count). The highest BCUT2D eigenvalue weighted by Crippen LogP contribution is 2.27. The third kappa shape index (κ3) is 3.26. The molecule has 1 aromatic heterocycles. The molecule has 0 bridgehead atoms. The normalized spacial score (nSPS) is 18.1. The monoisotopic (exact) mass is 311 g/mol. The number of thiazole rings is 1. The maximum Gasteiger partial charge on any atom is 0.265 e. The van der Waals surface area contributed by atoms with Crippen LogP contribution in [0.2, 0.25) is 0 Å². The Kier molecular flexibility index (Phi) is 4.66. The summed E-state index contributed by atoms with van der Waals surface area (Å²) >= 11 is 1.25. The molecule has 1 fully saturated rings. The number of amides is 2. The molecule has 7 nitrogen and oxygen atoms in total. The Balaban J connectivity index is 2.07. The smallest absolute Gasteiger partial charge is 0.265 e. The van der Waals surface area contributed by atoms with E-state index in [1.165, 1.54) is 11.3 Å². The molecule has 2 heterocycles. The number of rotatable bonds is 5. The van der Waals surface area contributed by atoms with E-state index in [1.807, 2.05) is 11.9 Å². The lowest BCUT2D eigenvalue weighted by molar-refractivity contribution is -0.128. The van der Waals surface area contributed by atoms with Crippen molar-refractivity contribution in [2.75, 3.05) is 37.8 Å². The predicted octanol–water partition coefficient (Wildman–Crippen LogP) is 0.532. The van der Waals surface area contributed by atoms with Gasteiger partial charge in [-0.3, -0.25) is 9.59 Å². The number of hydrogen-bond acceptors (Lipinski definition) is 6. The van der Waals surface area contributed by atoms with E-state index in [2.05, 4.69) is 17.2 Å². The summed E-state index contributed by atoms with van der Waals surface area (Å²) in [6.07, 6.45) is 1.61. The molecule has 1 aliphatic rings. The van der Waals surface area contributed by atoms with E-state index in [0.717, 1.165) is 18.1 Å². The van der Waals surface area contributed by atoms with Gasteiger partial charge in [-0.1, -0.05) is 18.3 Å². The molecule has 0 aromatic carbocycles. The molecule has 0 spiro atoms. The average Bonchev–Trinajstić information content (AvgIpc) is 2.97. The van der Waals surface area contributed by atoms with Crippen LogP contribution in [0.5, 0.6) is 0 Å². The number of likely N-dealkylation sites (tertiary alicyclic amines) is 1. The molecule has 0 aliphatic carbocycles. The summed E-state index contributed by atoms with van der Waals surface area (Å²) in [5.41, 5.74) is 5.83. The summed E-state index contributed by atoms with van der Waals surface area (Å²) in [6.45, 7) is 3.58. The zero-order valence-corrected chi connectivity index (χ0v) is 13.4. The van der Waals surface area contributed by atoms with Crippen LogP contribution in [0.1, 0.15) is 29.4 Å². The third-order valence-corrected chi connectivity index (χ3v) is 4.65. The van der Waals surface area contributed by atoms with E-state index in [0.29, 0.717) is 17.8 Å². The van der Waals surface area contributed by atoms with Gasteiger partial charge in [0.1, 0.15) is 16.7 Å². The van der Waals surface area contributed by atoms with Crippen molar-refractivity contribution >= 4 is 34.1 Å². The minimum atomic E-state index is -0.458. The molecule has 1 aromatic rings. The zero-order valence-electron chi connectivity index (χ0n) is 12.5. The van der Waals surface area contributed by atoms with Crippen molar-refractivity contribution in [2.45, 2.75) is 25.8 Å². The highest BCUT2D eigenvalue weighted by atomic mass is 32.1. The lowest BCUT2D eigenvalue weighted by Crippen LogP contribution is -2.40. The van der Waals surface area contributed by atoms with Crippen LogP contribution in [-0.4, -0.2) is 54.9 Å². The Labute approximate surface area is 128 Å². The summed E-state index contributed by atoms with van der Waals surface area (Å²) in [7, 11) is 3.65. The maximum absolute atomic E-state index is 12.3.